The fraction of sp³-hybridized carbons (Fsp3) is 0.462. The van der Waals surface area contributed by atoms with Gasteiger partial charge in [0.25, 0.3) is 0 Å². The number of halogens is 9. The van der Waals surface area contributed by atoms with E-state index in [0.717, 1.165) is 44.7 Å². The Labute approximate surface area is 227 Å². The van der Waals surface area contributed by atoms with Crippen LogP contribution in [-0.2, 0) is 22.6 Å². The zero-order valence-electron chi connectivity index (χ0n) is 21.1. The number of rotatable bonds is 5. The second-order valence-corrected chi connectivity index (χ2v) is 9.81. The van der Waals surface area contributed by atoms with E-state index in [1.165, 1.54) is 22.9 Å². The molecule has 0 spiro atoms. The van der Waals surface area contributed by atoms with Gasteiger partial charge in [-0.2, -0.15) is 26.3 Å². The van der Waals surface area contributed by atoms with E-state index >= 15 is 0 Å². The number of para-hydroxylation sites is 1. The minimum atomic E-state index is -5.77. The van der Waals surface area contributed by atoms with E-state index in [4.69, 9.17) is 0 Å². The molecule has 3 aliphatic rings. The van der Waals surface area contributed by atoms with Crippen molar-refractivity contribution < 1.29 is 53.8 Å². The molecule has 0 radical (unpaired) electrons. The van der Waals surface area contributed by atoms with Gasteiger partial charge in [0.05, 0.1) is 0 Å². The maximum absolute atomic E-state index is 12.7. The molecule has 1 fully saturated rings. The monoisotopic (exact) mass is 597 g/mol. The number of ketones is 2. The molecule has 0 unspecified atom stereocenters. The molecule has 0 amide bonds. The summed E-state index contributed by atoms with van der Waals surface area (Å²) in [5.74, 6) is -5.83. The van der Waals surface area contributed by atoms with Gasteiger partial charge in [-0.3, -0.25) is 9.59 Å². The highest BCUT2D eigenvalue weighted by Crippen LogP contribution is 2.46. The highest BCUT2D eigenvalue weighted by Gasteiger charge is 2.54. The molecular formula is C26H24F9N3O3. The number of Topliss-reactive ketones (excluding diaryl/α,β-unsaturated/α-hetero) is 2. The first-order chi connectivity index (χ1) is 19.0. The lowest BCUT2D eigenvalue weighted by Gasteiger charge is -2.42. The lowest BCUT2D eigenvalue weighted by Crippen LogP contribution is -2.41. The molecule has 1 saturated heterocycles. The quantitative estimate of drug-likeness (QED) is 0.350. The number of anilines is 2. The summed E-state index contributed by atoms with van der Waals surface area (Å²) in [4.78, 5) is 21.8. The Hall–Kier alpha value is -3.49. The zero-order chi connectivity index (χ0) is 30.2. The number of carbonyl (C=O) groups is 2. The molecule has 0 aromatic heterocycles. The number of nitrogens with one attached hydrogen (secondary N) is 2. The summed E-state index contributed by atoms with van der Waals surface area (Å²) in [6, 6.07) is 10.7. The van der Waals surface area contributed by atoms with Gasteiger partial charge in [-0.05, 0) is 48.1 Å². The van der Waals surface area contributed by atoms with Crippen LogP contribution in [0, 0.1) is 5.92 Å². The van der Waals surface area contributed by atoms with Crippen molar-refractivity contribution >= 4 is 22.9 Å². The van der Waals surface area contributed by atoms with Gasteiger partial charge in [0.1, 0.15) is 5.75 Å². The Kier molecular flexibility index (Phi) is 8.48. The molecule has 15 heteroatoms. The van der Waals surface area contributed by atoms with Gasteiger partial charge in [0.2, 0.25) is 0 Å². The lowest BCUT2D eigenvalue weighted by molar-refractivity contribution is -0.274. The average molecular weight is 597 g/mol. The largest absolute Gasteiger partial charge is 0.573 e. The summed E-state index contributed by atoms with van der Waals surface area (Å²) in [5, 5.41) is 6.87. The third-order valence-corrected chi connectivity index (χ3v) is 7.01. The first-order valence-electron chi connectivity index (χ1n) is 12.5. The Bertz CT molecular complexity index is 1270. The van der Waals surface area contributed by atoms with E-state index in [1.54, 1.807) is 18.2 Å². The third kappa shape index (κ3) is 7.24. The summed E-state index contributed by atoms with van der Waals surface area (Å²) < 4.78 is 109. The predicted molar refractivity (Wildman–Crippen MR) is 129 cm³/mol. The molecule has 2 atom stereocenters. The minimum Gasteiger partial charge on any atom is -0.405 e. The van der Waals surface area contributed by atoms with Crippen LogP contribution in [-0.4, -0.2) is 56.5 Å². The molecule has 3 aliphatic heterocycles. The third-order valence-electron chi connectivity index (χ3n) is 7.01. The van der Waals surface area contributed by atoms with Crippen LogP contribution in [0.1, 0.15) is 29.0 Å². The van der Waals surface area contributed by atoms with Gasteiger partial charge in [-0.15, -0.1) is 13.2 Å². The van der Waals surface area contributed by atoms with Gasteiger partial charge in [0, 0.05) is 55.6 Å². The maximum Gasteiger partial charge on any atom is 0.573 e. The van der Waals surface area contributed by atoms with Crippen molar-refractivity contribution in [3.05, 3.63) is 53.1 Å². The topological polar surface area (TPSA) is 70.7 Å². The smallest absolute Gasteiger partial charge is 0.405 e. The highest BCUT2D eigenvalue weighted by atomic mass is 19.4. The lowest BCUT2D eigenvalue weighted by atomic mass is 9.80. The van der Waals surface area contributed by atoms with E-state index in [-0.39, 0.29) is 12.3 Å². The van der Waals surface area contributed by atoms with Crippen molar-refractivity contribution in [2.75, 3.05) is 36.4 Å². The average Bonchev–Trinajstić information content (AvgIpc) is 3.35. The second kappa shape index (κ2) is 11.4. The van der Waals surface area contributed by atoms with Crippen molar-refractivity contribution in [1.29, 1.82) is 0 Å². The van der Waals surface area contributed by atoms with Crippen molar-refractivity contribution in [1.82, 2.24) is 5.32 Å². The number of alkyl halides is 9. The molecule has 0 saturated carbocycles. The summed E-state index contributed by atoms with van der Waals surface area (Å²) in [6.45, 7) is 4.55. The minimum absolute atomic E-state index is 0.155. The number of fused-ring (bicyclic) bond motifs is 2. The Morgan fingerprint density at radius 1 is 0.951 bits per heavy atom. The molecule has 5 rings (SSSR count). The summed E-state index contributed by atoms with van der Waals surface area (Å²) in [5.41, 5.74) is 5.58. The number of carbonyl (C=O) groups excluding carboxylic acids is 2. The van der Waals surface area contributed by atoms with Gasteiger partial charge < -0.3 is 20.3 Å². The number of ether oxygens (including phenoxy) is 1. The summed E-state index contributed by atoms with van der Waals surface area (Å²) in [7, 11) is 0. The number of aryl methyl sites for hydroxylation is 1. The molecule has 2 aromatic rings. The summed E-state index contributed by atoms with van der Waals surface area (Å²) in [6.07, 6.45) is -14.0. The van der Waals surface area contributed by atoms with Crippen LogP contribution in [0.4, 0.5) is 50.9 Å². The Morgan fingerprint density at radius 3 is 2.24 bits per heavy atom. The van der Waals surface area contributed by atoms with Gasteiger partial charge in [0.15, 0.2) is 0 Å². The van der Waals surface area contributed by atoms with Gasteiger partial charge >= 0.3 is 30.3 Å². The van der Waals surface area contributed by atoms with Crippen LogP contribution < -0.4 is 20.3 Å². The molecule has 41 heavy (non-hydrogen) atoms. The van der Waals surface area contributed by atoms with E-state index in [9.17, 15) is 49.1 Å². The van der Waals surface area contributed by atoms with E-state index in [1.807, 2.05) is 0 Å². The van der Waals surface area contributed by atoms with Crippen LogP contribution in [0.5, 0.6) is 5.75 Å². The number of benzene rings is 2. The van der Waals surface area contributed by atoms with Crippen molar-refractivity contribution in [2.24, 2.45) is 5.92 Å². The Balaban J connectivity index is 0.000000275. The fourth-order valence-electron chi connectivity index (χ4n) is 5.34. The predicted octanol–water partition coefficient (Wildman–Crippen LogP) is 5.52. The fourth-order valence-corrected chi connectivity index (χ4v) is 5.34. The normalized spacial score (nSPS) is 19.9. The number of nitrogens with zero attached hydrogens (tertiary/aromatic N) is 1. The second-order valence-electron chi connectivity index (χ2n) is 9.81. The summed E-state index contributed by atoms with van der Waals surface area (Å²) >= 11 is 0. The SMILES string of the molecule is FC(F)(F)Oc1ccccc1CNc1cc2c3c(c1)[C@@H]1CNC[C@@H]1CN3CCC2.O=C(C(=O)C(F)(F)F)C(F)(F)F. The van der Waals surface area contributed by atoms with E-state index in [2.05, 4.69) is 32.4 Å². The number of hydrogen-bond donors (Lipinski definition) is 2. The first-order valence-corrected chi connectivity index (χ1v) is 12.5. The van der Waals surface area contributed by atoms with Gasteiger partial charge in [-0.1, -0.05) is 18.2 Å². The molecular weight excluding hydrogens is 573 g/mol. The molecule has 2 aromatic carbocycles. The van der Waals surface area contributed by atoms with Crippen LogP contribution in [0.15, 0.2) is 36.4 Å². The molecule has 224 valence electrons. The van der Waals surface area contributed by atoms with Crippen molar-refractivity contribution in [2.45, 2.75) is 44.0 Å². The van der Waals surface area contributed by atoms with Crippen LogP contribution in [0.25, 0.3) is 0 Å². The maximum atomic E-state index is 12.7. The van der Waals surface area contributed by atoms with Crippen LogP contribution >= 0.6 is 0 Å². The van der Waals surface area contributed by atoms with Gasteiger partial charge in [-0.25, -0.2) is 0 Å². The highest BCUT2D eigenvalue weighted by molar-refractivity contribution is 6.41. The molecule has 6 nitrogen and oxygen atoms in total. The van der Waals surface area contributed by atoms with Crippen molar-refractivity contribution in [3.63, 3.8) is 0 Å². The molecule has 3 heterocycles. The number of hydrogen-bond acceptors (Lipinski definition) is 6. The van der Waals surface area contributed by atoms with Crippen LogP contribution in [0.2, 0.25) is 0 Å². The molecule has 0 aliphatic carbocycles. The van der Waals surface area contributed by atoms with Crippen LogP contribution in [0.3, 0.4) is 0 Å². The molecule has 0 bridgehead atoms. The van der Waals surface area contributed by atoms with E-state index in [0.29, 0.717) is 17.4 Å². The standard InChI is InChI=1S/C22H24F3N3O.C4F6O2/c23-22(24,25)29-20-6-2-1-4-15(20)11-27-17-8-14-5-3-7-28-13-16-10-26-12-19(16)18(9-17)21(14)28;5-3(6,7)1(11)2(12)4(8,9)10/h1-2,4,6,8-9,16,19,26-27H,3,5,7,10-13H2;/t16-,19-;/m1./s1. The zero-order valence-corrected chi connectivity index (χ0v) is 21.1. The Morgan fingerprint density at radius 2 is 1.61 bits per heavy atom. The van der Waals surface area contributed by atoms with E-state index < -0.39 is 30.3 Å². The molecule has 2 N–H and O–H groups in total. The first kappa shape index (κ1) is 30.5. The van der Waals surface area contributed by atoms with Crippen molar-refractivity contribution in [3.8, 4) is 5.75 Å².